The average Bonchev–Trinajstić information content (AvgIpc) is 3.37. The molecule has 34 heavy (non-hydrogen) atoms. The minimum atomic E-state index is -4.42. The molecule has 0 amide bonds. The molecule has 1 saturated carbocycles. The minimum Gasteiger partial charge on any atom is -0.474 e. The number of anilines is 1. The van der Waals surface area contributed by atoms with E-state index in [-0.39, 0.29) is 17.4 Å². The van der Waals surface area contributed by atoms with E-state index < -0.39 is 24.7 Å². The van der Waals surface area contributed by atoms with Crippen LogP contribution in [0.4, 0.5) is 27.8 Å². The van der Waals surface area contributed by atoms with Crippen molar-refractivity contribution < 1.29 is 26.7 Å². The van der Waals surface area contributed by atoms with Crippen LogP contribution in [0.2, 0.25) is 0 Å². The summed E-state index contributed by atoms with van der Waals surface area (Å²) in [5, 5.41) is 3.96. The Morgan fingerprint density at radius 3 is 2.53 bits per heavy atom. The zero-order chi connectivity index (χ0) is 23.9. The molecule has 5 rings (SSSR count). The highest BCUT2D eigenvalue weighted by molar-refractivity contribution is 5.71. The van der Waals surface area contributed by atoms with Crippen molar-refractivity contribution in [3.8, 4) is 5.88 Å². The van der Waals surface area contributed by atoms with Gasteiger partial charge < -0.3 is 9.64 Å². The summed E-state index contributed by atoms with van der Waals surface area (Å²) in [6, 6.07) is 2.25. The van der Waals surface area contributed by atoms with Crippen LogP contribution in [0, 0.1) is 5.41 Å². The fraction of sp³-hybridized carbons (Fsp3) is 0.545. The van der Waals surface area contributed by atoms with Crippen molar-refractivity contribution in [1.82, 2.24) is 24.7 Å². The van der Waals surface area contributed by atoms with Gasteiger partial charge in [-0.2, -0.15) is 18.3 Å². The van der Waals surface area contributed by atoms with Gasteiger partial charge in [-0.25, -0.2) is 28.4 Å². The van der Waals surface area contributed by atoms with Gasteiger partial charge in [0.05, 0.1) is 18.0 Å². The van der Waals surface area contributed by atoms with Gasteiger partial charge in [0.2, 0.25) is 5.88 Å². The first-order valence-corrected chi connectivity index (χ1v) is 11.1. The summed E-state index contributed by atoms with van der Waals surface area (Å²) in [5.41, 5.74) is 0.123. The molecule has 3 aromatic rings. The van der Waals surface area contributed by atoms with E-state index in [0.29, 0.717) is 17.0 Å². The maximum Gasteiger partial charge on any atom is 0.417 e. The number of aromatic nitrogens is 5. The van der Waals surface area contributed by atoms with E-state index in [1.165, 1.54) is 16.9 Å². The fourth-order valence-corrected chi connectivity index (χ4v) is 4.96. The number of hydrogen-bond acceptors (Lipinski definition) is 6. The summed E-state index contributed by atoms with van der Waals surface area (Å²) < 4.78 is 70.8. The van der Waals surface area contributed by atoms with Crippen LogP contribution < -0.4 is 9.64 Å². The summed E-state index contributed by atoms with van der Waals surface area (Å²) in [7, 11) is 0. The first-order chi connectivity index (χ1) is 16.2. The third-order valence-electron chi connectivity index (χ3n) is 6.80. The van der Waals surface area contributed by atoms with Crippen LogP contribution in [0.3, 0.4) is 0 Å². The Hall–Kier alpha value is -3.05. The molecule has 1 aliphatic heterocycles. The van der Waals surface area contributed by atoms with Gasteiger partial charge in [0.1, 0.15) is 24.0 Å². The highest BCUT2D eigenvalue weighted by Crippen LogP contribution is 2.47. The number of hydrogen-bond donors (Lipinski definition) is 0. The summed E-state index contributed by atoms with van der Waals surface area (Å²) in [6.45, 7) is 0.961. The van der Waals surface area contributed by atoms with E-state index in [1.807, 2.05) is 0 Å². The average molecular weight is 482 g/mol. The SMILES string of the molecule is FC(F)Cn1ncc2ncc(N3CCC4(CCC(Oc5ccc(C(F)(F)F)cn5)C4)CC3)nc21. The molecule has 3 aromatic heterocycles. The first-order valence-electron chi connectivity index (χ1n) is 11.1. The van der Waals surface area contributed by atoms with Crippen LogP contribution in [0.1, 0.15) is 37.7 Å². The molecule has 4 heterocycles. The second-order valence-corrected chi connectivity index (χ2v) is 9.01. The summed E-state index contributed by atoms with van der Waals surface area (Å²) in [6.07, 6.45) is 1.25. The van der Waals surface area contributed by atoms with Gasteiger partial charge in [0, 0.05) is 25.4 Å². The highest BCUT2D eigenvalue weighted by Gasteiger charge is 2.42. The van der Waals surface area contributed by atoms with Gasteiger partial charge >= 0.3 is 6.18 Å². The van der Waals surface area contributed by atoms with Crippen molar-refractivity contribution >= 4 is 17.0 Å². The predicted molar refractivity (Wildman–Crippen MR) is 113 cm³/mol. The molecule has 1 spiro atoms. The molecule has 12 heteroatoms. The summed E-state index contributed by atoms with van der Waals surface area (Å²) >= 11 is 0. The van der Waals surface area contributed by atoms with Crippen molar-refractivity contribution in [2.75, 3.05) is 18.0 Å². The van der Waals surface area contributed by atoms with Crippen LogP contribution in [0.5, 0.6) is 5.88 Å². The molecule has 2 fully saturated rings. The van der Waals surface area contributed by atoms with Crippen LogP contribution in [0.25, 0.3) is 11.2 Å². The van der Waals surface area contributed by atoms with Crippen LogP contribution in [-0.4, -0.2) is 50.4 Å². The second-order valence-electron chi connectivity index (χ2n) is 9.01. The number of fused-ring (bicyclic) bond motifs is 1. The third-order valence-corrected chi connectivity index (χ3v) is 6.80. The lowest BCUT2D eigenvalue weighted by Crippen LogP contribution is -2.40. The number of rotatable bonds is 5. The van der Waals surface area contributed by atoms with Gasteiger partial charge in [-0.05, 0) is 43.6 Å². The van der Waals surface area contributed by atoms with Crippen LogP contribution >= 0.6 is 0 Å². The minimum absolute atomic E-state index is 0.0874. The smallest absolute Gasteiger partial charge is 0.417 e. The summed E-state index contributed by atoms with van der Waals surface area (Å²) in [5.74, 6) is 0.842. The maximum atomic E-state index is 12.8. The van der Waals surface area contributed by atoms with E-state index in [0.717, 1.165) is 57.5 Å². The molecular weight excluding hydrogens is 459 g/mol. The van der Waals surface area contributed by atoms with Crippen molar-refractivity contribution in [3.63, 3.8) is 0 Å². The second kappa shape index (κ2) is 8.62. The first kappa shape index (κ1) is 22.7. The largest absolute Gasteiger partial charge is 0.474 e. The Kier molecular flexibility index (Phi) is 5.76. The molecule has 0 bridgehead atoms. The van der Waals surface area contributed by atoms with Crippen LogP contribution in [-0.2, 0) is 12.7 Å². The lowest BCUT2D eigenvalue weighted by Gasteiger charge is -2.39. The highest BCUT2D eigenvalue weighted by atomic mass is 19.4. The third kappa shape index (κ3) is 4.62. The zero-order valence-corrected chi connectivity index (χ0v) is 18.2. The molecule has 182 valence electrons. The lowest BCUT2D eigenvalue weighted by molar-refractivity contribution is -0.137. The topological polar surface area (TPSA) is 69.0 Å². The van der Waals surface area contributed by atoms with Gasteiger partial charge in [-0.3, -0.25) is 0 Å². The van der Waals surface area contributed by atoms with E-state index in [4.69, 9.17) is 4.74 Å². The lowest BCUT2D eigenvalue weighted by atomic mass is 9.77. The molecular formula is C22H23F5N6O. The molecule has 2 aliphatic rings. The Morgan fingerprint density at radius 1 is 1.06 bits per heavy atom. The quantitative estimate of drug-likeness (QED) is 0.490. The Balaban J connectivity index is 1.20. The zero-order valence-electron chi connectivity index (χ0n) is 18.2. The Labute approximate surface area is 192 Å². The number of nitrogens with zero attached hydrogens (tertiary/aromatic N) is 6. The maximum absolute atomic E-state index is 12.8. The normalized spacial score (nSPS) is 20.5. The standard InChI is InChI=1S/C22H23F5N6O/c23-17(24)13-33-20-16(11-30-33)28-12-18(31-20)32-7-5-21(6-8-32)4-3-15(9-21)34-19-2-1-14(10-29-19)22(25,26)27/h1-2,10-12,15,17H,3-9,13H2. The van der Waals surface area contributed by atoms with E-state index >= 15 is 0 Å². The molecule has 0 N–H and O–H groups in total. The molecule has 0 radical (unpaired) electrons. The van der Waals surface area contributed by atoms with Gasteiger partial charge in [-0.1, -0.05) is 0 Å². The fourth-order valence-electron chi connectivity index (χ4n) is 4.96. The van der Waals surface area contributed by atoms with Gasteiger partial charge in [0.25, 0.3) is 6.43 Å². The predicted octanol–water partition coefficient (Wildman–Crippen LogP) is 4.72. The summed E-state index contributed by atoms with van der Waals surface area (Å²) in [4.78, 5) is 14.8. The number of piperidine rings is 1. The van der Waals surface area contributed by atoms with Gasteiger partial charge in [0.15, 0.2) is 5.65 Å². The van der Waals surface area contributed by atoms with Crippen molar-refractivity contribution in [2.45, 2.75) is 57.4 Å². The molecule has 0 aromatic carbocycles. The molecule has 1 unspecified atom stereocenters. The number of halogens is 5. The molecule has 1 aliphatic carbocycles. The van der Waals surface area contributed by atoms with Crippen molar-refractivity contribution in [1.29, 1.82) is 0 Å². The van der Waals surface area contributed by atoms with Gasteiger partial charge in [-0.15, -0.1) is 0 Å². The number of ether oxygens (including phenoxy) is 1. The molecule has 7 nitrogen and oxygen atoms in total. The van der Waals surface area contributed by atoms with E-state index in [2.05, 4.69) is 25.0 Å². The molecule has 1 saturated heterocycles. The van der Waals surface area contributed by atoms with Crippen molar-refractivity contribution in [2.24, 2.45) is 5.41 Å². The molecule has 1 atom stereocenters. The van der Waals surface area contributed by atoms with E-state index in [9.17, 15) is 22.0 Å². The Morgan fingerprint density at radius 2 is 1.85 bits per heavy atom. The number of alkyl halides is 5. The monoisotopic (exact) mass is 482 g/mol. The van der Waals surface area contributed by atoms with Crippen molar-refractivity contribution in [3.05, 3.63) is 36.3 Å². The van der Waals surface area contributed by atoms with Crippen LogP contribution in [0.15, 0.2) is 30.7 Å². The van der Waals surface area contributed by atoms with E-state index in [1.54, 1.807) is 6.20 Å². The Bertz CT molecular complexity index is 1140. The number of pyridine rings is 1.